The molecule has 20 heavy (non-hydrogen) atoms. The smallest absolute Gasteiger partial charge is 0.0303 e. The minimum Gasteiger partial charge on any atom is -0.372 e. The molecule has 3 heteroatoms. The third kappa shape index (κ3) is 3.76. The van der Waals surface area contributed by atoms with Crippen LogP contribution in [0, 0.1) is 5.92 Å². The van der Waals surface area contributed by atoms with Crippen molar-refractivity contribution in [3.05, 3.63) is 12.3 Å². The summed E-state index contributed by atoms with van der Waals surface area (Å²) in [5.41, 5.74) is 1.41. The zero-order valence-electron chi connectivity index (χ0n) is 13.9. The lowest BCUT2D eigenvalue weighted by Gasteiger charge is -2.43. The normalized spacial score (nSPS) is 23.8. The van der Waals surface area contributed by atoms with Crippen molar-refractivity contribution in [2.45, 2.75) is 52.6 Å². The van der Waals surface area contributed by atoms with Gasteiger partial charge in [0.15, 0.2) is 0 Å². The largest absolute Gasteiger partial charge is 0.372 e. The first-order valence-electron chi connectivity index (χ1n) is 8.41. The minimum atomic E-state index is 0.680. The first kappa shape index (κ1) is 15.8. The van der Waals surface area contributed by atoms with Crippen molar-refractivity contribution in [3.63, 3.8) is 0 Å². The number of piperazine rings is 1. The van der Waals surface area contributed by atoms with E-state index in [9.17, 15) is 0 Å². The Morgan fingerprint density at radius 1 is 0.800 bits per heavy atom. The molecule has 0 aromatic rings. The molecule has 0 atom stereocenters. The predicted octanol–water partition coefficient (Wildman–Crippen LogP) is 2.65. The minimum absolute atomic E-state index is 0.680. The maximum absolute atomic E-state index is 4.43. The number of hydrogen-bond donors (Lipinski definition) is 0. The average Bonchev–Trinajstić information content (AvgIpc) is 2.46. The second-order valence-electron chi connectivity index (χ2n) is 7.01. The summed E-state index contributed by atoms with van der Waals surface area (Å²) in [6.45, 7) is 20.9. The van der Waals surface area contributed by atoms with E-state index in [0.717, 1.165) is 5.92 Å². The molecule has 2 saturated heterocycles. The third-order valence-corrected chi connectivity index (χ3v) is 5.18. The molecule has 3 nitrogen and oxygen atoms in total. The van der Waals surface area contributed by atoms with E-state index in [1.807, 2.05) is 0 Å². The fourth-order valence-corrected chi connectivity index (χ4v) is 3.53. The van der Waals surface area contributed by atoms with Gasteiger partial charge < -0.3 is 9.80 Å². The van der Waals surface area contributed by atoms with E-state index in [1.54, 1.807) is 0 Å². The van der Waals surface area contributed by atoms with Crippen LogP contribution in [0.15, 0.2) is 12.3 Å². The van der Waals surface area contributed by atoms with Crippen molar-refractivity contribution in [3.8, 4) is 0 Å². The maximum Gasteiger partial charge on any atom is 0.0303 e. The van der Waals surface area contributed by atoms with Gasteiger partial charge in [0.05, 0.1) is 0 Å². The summed E-state index contributed by atoms with van der Waals surface area (Å²) in [6, 6.07) is 1.37. The Bertz CT molecular complexity index is 278. The summed E-state index contributed by atoms with van der Waals surface area (Å²) in [7, 11) is 0. The lowest BCUT2D eigenvalue weighted by atomic mass is 9.92. The molecular weight excluding hydrogens is 246 g/mol. The van der Waals surface area contributed by atoms with Gasteiger partial charge in [-0.15, -0.1) is 0 Å². The van der Waals surface area contributed by atoms with E-state index < -0.39 is 0 Å². The highest BCUT2D eigenvalue weighted by atomic mass is 15.3. The molecule has 2 aliphatic heterocycles. The van der Waals surface area contributed by atoms with Crippen molar-refractivity contribution < 1.29 is 0 Å². The van der Waals surface area contributed by atoms with Crippen LogP contribution < -0.4 is 0 Å². The van der Waals surface area contributed by atoms with Gasteiger partial charge >= 0.3 is 0 Å². The molecule has 2 aliphatic rings. The van der Waals surface area contributed by atoms with Crippen LogP contribution in [-0.4, -0.2) is 66.1 Å². The van der Waals surface area contributed by atoms with E-state index in [0.29, 0.717) is 12.1 Å². The zero-order valence-corrected chi connectivity index (χ0v) is 13.9. The summed E-state index contributed by atoms with van der Waals surface area (Å²) in [5.74, 6) is 0.718. The van der Waals surface area contributed by atoms with Gasteiger partial charge in [-0.25, -0.2) is 0 Å². The molecule has 0 aliphatic carbocycles. The van der Waals surface area contributed by atoms with Gasteiger partial charge in [-0.05, 0) is 53.6 Å². The van der Waals surface area contributed by atoms with Gasteiger partial charge in [-0.2, -0.15) is 0 Å². The van der Waals surface area contributed by atoms with Crippen molar-refractivity contribution in [1.29, 1.82) is 0 Å². The van der Waals surface area contributed by atoms with Crippen LogP contribution in [-0.2, 0) is 0 Å². The van der Waals surface area contributed by atoms with Crippen LogP contribution in [0.2, 0.25) is 0 Å². The summed E-state index contributed by atoms with van der Waals surface area (Å²) in [4.78, 5) is 7.72. The fraction of sp³-hybridized carbons (Fsp3) is 0.882. The summed E-state index contributed by atoms with van der Waals surface area (Å²) >= 11 is 0. The molecule has 2 heterocycles. The SMILES string of the molecule is C=C(C1CCN(C(C)C)CC1)N1CCN(C(C)C)CC1. The molecule has 2 rings (SSSR count). The maximum atomic E-state index is 4.43. The average molecular weight is 279 g/mol. The first-order chi connectivity index (χ1) is 9.49. The van der Waals surface area contributed by atoms with Gasteiger partial charge in [-0.1, -0.05) is 6.58 Å². The third-order valence-electron chi connectivity index (χ3n) is 5.18. The van der Waals surface area contributed by atoms with Crippen LogP contribution in [0.5, 0.6) is 0 Å². The summed E-state index contributed by atoms with van der Waals surface area (Å²) < 4.78 is 0. The highest BCUT2D eigenvalue weighted by Crippen LogP contribution is 2.27. The van der Waals surface area contributed by atoms with Gasteiger partial charge in [-0.3, -0.25) is 4.90 Å². The topological polar surface area (TPSA) is 9.72 Å². The second-order valence-corrected chi connectivity index (χ2v) is 7.01. The van der Waals surface area contributed by atoms with E-state index in [2.05, 4.69) is 49.0 Å². The molecule has 0 unspecified atom stereocenters. The molecule has 0 spiro atoms. The Hall–Kier alpha value is -0.540. The van der Waals surface area contributed by atoms with Crippen molar-refractivity contribution >= 4 is 0 Å². The van der Waals surface area contributed by atoms with Crippen LogP contribution in [0.1, 0.15) is 40.5 Å². The summed E-state index contributed by atoms with van der Waals surface area (Å²) in [6.07, 6.45) is 2.59. The fourth-order valence-electron chi connectivity index (χ4n) is 3.53. The molecule has 0 saturated carbocycles. The highest BCUT2D eigenvalue weighted by Gasteiger charge is 2.27. The van der Waals surface area contributed by atoms with Crippen LogP contribution >= 0.6 is 0 Å². The number of piperidine rings is 1. The van der Waals surface area contributed by atoms with E-state index in [4.69, 9.17) is 0 Å². The standard InChI is InChI=1S/C17H33N3/c1-14(2)18-8-6-17(7-9-18)16(5)20-12-10-19(11-13-20)15(3)4/h14-15,17H,5-13H2,1-4H3. The Labute approximate surface area is 125 Å². The van der Waals surface area contributed by atoms with Gasteiger partial charge in [0.25, 0.3) is 0 Å². The van der Waals surface area contributed by atoms with Gasteiger partial charge in [0.1, 0.15) is 0 Å². The van der Waals surface area contributed by atoms with E-state index >= 15 is 0 Å². The second kappa shape index (κ2) is 6.95. The predicted molar refractivity (Wildman–Crippen MR) is 86.9 cm³/mol. The van der Waals surface area contributed by atoms with Gasteiger partial charge in [0.2, 0.25) is 0 Å². The highest BCUT2D eigenvalue weighted by molar-refractivity contribution is 5.03. The number of nitrogens with zero attached hydrogens (tertiary/aromatic N) is 3. The molecule has 0 N–H and O–H groups in total. The lowest BCUT2D eigenvalue weighted by molar-refractivity contribution is 0.105. The van der Waals surface area contributed by atoms with Crippen molar-refractivity contribution in [1.82, 2.24) is 14.7 Å². The molecule has 0 aromatic heterocycles. The van der Waals surface area contributed by atoms with E-state index in [-0.39, 0.29) is 0 Å². The molecule has 0 bridgehead atoms. The number of hydrogen-bond acceptors (Lipinski definition) is 3. The number of likely N-dealkylation sites (tertiary alicyclic amines) is 1. The van der Waals surface area contributed by atoms with Crippen molar-refractivity contribution in [2.24, 2.45) is 5.92 Å². The lowest BCUT2D eigenvalue weighted by Crippen LogP contribution is -2.49. The molecule has 0 aromatic carbocycles. The molecule has 2 fully saturated rings. The van der Waals surface area contributed by atoms with Crippen molar-refractivity contribution in [2.75, 3.05) is 39.3 Å². The Kier molecular flexibility index (Phi) is 5.50. The van der Waals surface area contributed by atoms with Gasteiger partial charge in [0, 0.05) is 49.9 Å². The zero-order chi connectivity index (χ0) is 14.7. The Balaban J connectivity index is 1.79. The molecule has 116 valence electrons. The van der Waals surface area contributed by atoms with Crippen LogP contribution in [0.25, 0.3) is 0 Å². The number of rotatable bonds is 4. The molecule has 0 amide bonds. The first-order valence-corrected chi connectivity index (χ1v) is 8.41. The quantitative estimate of drug-likeness (QED) is 0.783. The Morgan fingerprint density at radius 3 is 1.70 bits per heavy atom. The number of allylic oxidation sites excluding steroid dienone is 1. The monoisotopic (exact) mass is 279 g/mol. The van der Waals surface area contributed by atoms with Crippen LogP contribution in [0.4, 0.5) is 0 Å². The molecular formula is C17H33N3. The summed E-state index contributed by atoms with van der Waals surface area (Å²) in [5, 5.41) is 0. The van der Waals surface area contributed by atoms with E-state index in [1.165, 1.54) is 57.8 Å². The molecule has 0 radical (unpaired) electrons. The van der Waals surface area contributed by atoms with Crippen LogP contribution in [0.3, 0.4) is 0 Å². The Morgan fingerprint density at radius 2 is 1.25 bits per heavy atom.